The lowest BCUT2D eigenvalue weighted by molar-refractivity contribution is -0.162. The van der Waals surface area contributed by atoms with Crippen molar-refractivity contribution in [1.29, 1.82) is 0 Å². The Balaban J connectivity index is 2.02. The van der Waals surface area contributed by atoms with Crippen LogP contribution in [0.15, 0.2) is 61.2 Å². The van der Waals surface area contributed by atoms with Crippen LogP contribution in [-0.2, 0) is 30.3 Å². The van der Waals surface area contributed by atoms with Crippen LogP contribution in [0.4, 0.5) is 0 Å². The topological polar surface area (TPSA) is 131 Å². The molecular formula is C31H37N3O7S. The fourth-order valence-corrected chi connectivity index (χ4v) is 5.94. The molecule has 0 saturated carbocycles. The van der Waals surface area contributed by atoms with E-state index in [0.717, 1.165) is 5.56 Å². The van der Waals surface area contributed by atoms with Crippen LogP contribution in [-0.4, -0.2) is 69.9 Å². The molecule has 1 saturated heterocycles. The molecule has 3 rings (SSSR count). The third-order valence-corrected chi connectivity index (χ3v) is 8.17. The fraction of sp³-hybridized carbons (Fsp3) is 0.387. The summed E-state index contributed by atoms with van der Waals surface area (Å²) in [5.74, 6) is -2.35. The van der Waals surface area contributed by atoms with Crippen molar-refractivity contribution in [3.8, 4) is 5.75 Å². The van der Waals surface area contributed by atoms with Crippen LogP contribution < -0.4 is 15.4 Å². The standard InChI is InChI=1S/C31H37N3O7S/c1-7-16-32-29(38)27-31(5,6)42-18-34(27)30(39)26(41-21(4)36)24(17-22-12-9-8-10-13-22)33-28(37)23-14-11-15-25(19(23)2)40-20(3)35/h7-15,24,26-27H,1,16-18H2,2-6H3,(H,32,38)(H,33,37)/t24-,26-,27?/m0/s1. The van der Waals surface area contributed by atoms with Gasteiger partial charge in [0.1, 0.15) is 11.8 Å². The molecular weight excluding hydrogens is 558 g/mol. The molecule has 1 unspecified atom stereocenters. The second-order valence-electron chi connectivity index (χ2n) is 10.4. The maximum atomic E-state index is 14.2. The summed E-state index contributed by atoms with van der Waals surface area (Å²) in [6.07, 6.45) is 0.259. The molecule has 11 heteroatoms. The zero-order chi connectivity index (χ0) is 31.0. The van der Waals surface area contributed by atoms with E-state index in [1.807, 2.05) is 44.2 Å². The summed E-state index contributed by atoms with van der Waals surface area (Å²) < 4.78 is 10.2. The lowest BCUT2D eigenvalue weighted by Crippen LogP contribution is -2.59. The number of ether oxygens (including phenoxy) is 2. The van der Waals surface area contributed by atoms with Crippen molar-refractivity contribution in [1.82, 2.24) is 15.5 Å². The predicted molar refractivity (Wildman–Crippen MR) is 160 cm³/mol. The van der Waals surface area contributed by atoms with E-state index < -0.39 is 46.7 Å². The smallest absolute Gasteiger partial charge is 0.308 e. The highest BCUT2D eigenvalue weighted by atomic mass is 32.2. The van der Waals surface area contributed by atoms with Gasteiger partial charge in [0.15, 0.2) is 0 Å². The van der Waals surface area contributed by atoms with E-state index in [0.29, 0.717) is 5.56 Å². The maximum Gasteiger partial charge on any atom is 0.308 e. The first kappa shape index (κ1) is 32.4. The Bertz CT molecular complexity index is 1350. The number of hydrogen-bond acceptors (Lipinski definition) is 8. The fourth-order valence-electron chi connectivity index (χ4n) is 4.80. The number of benzene rings is 2. The largest absolute Gasteiger partial charge is 0.450 e. The molecule has 10 nitrogen and oxygen atoms in total. The molecule has 1 fully saturated rings. The Hall–Kier alpha value is -4.12. The first-order valence-corrected chi connectivity index (χ1v) is 14.5. The van der Waals surface area contributed by atoms with Gasteiger partial charge in [0.05, 0.1) is 11.9 Å². The van der Waals surface area contributed by atoms with Crippen LogP contribution in [0, 0.1) is 6.92 Å². The van der Waals surface area contributed by atoms with E-state index in [1.165, 1.54) is 30.5 Å². The number of amides is 3. The second kappa shape index (κ2) is 14.2. The minimum atomic E-state index is -1.44. The number of nitrogens with zero attached hydrogens (tertiary/aromatic N) is 1. The summed E-state index contributed by atoms with van der Waals surface area (Å²) in [6.45, 7) is 11.7. The van der Waals surface area contributed by atoms with Gasteiger partial charge in [-0.05, 0) is 44.9 Å². The monoisotopic (exact) mass is 595 g/mol. The van der Waals surface area contributed by atoms with E-state index in [2.05, 4.69) is 17.2 Å². The molecule has 0 aliphatic carbocycles. The lowest BCUT2D eigenvalue weighted by Gasteiger charge is -2.34. The molecule has 0 radical (unpaired) electrons. The zero-order valence-corrected chi connectivity index (χ0v) is 25.3. The number of hydrogen-bond donors (Lipinski definition) is 2. The Labute approximate surface area is 250 Å². The van der Waals surface area contributed by atoms with Crippen LogP contribution in [0.3, 0.4) is 0 Å². The van der Waals surface area contributed by atoms with Gasteiger partial charge in [-0.2, -0.15) is 0 Å². The SMILES string of the molecule is C=CCNC(=O)C1N(C(=O)[C@@H](OC(C)=O)[C@H](Cc2ccccc2)NC(=O)c2cccc(OC(C)=O)c2C)CSC1(C)C. The molecule has 1 aliphatic heterocycles. The summed E-state index contributed by atoms with van der Waals surface area (Å²) in [5.41, 5.74) is 1.44. The van der Waals surface area contributed by atoms with E-state index in [4.69, 9.17) is 9.47 Å². The highest BCUT2D eigenvalue weighted by molar-refractivity contribution is 8.00. The van der Waals surface area contributed by atoms with Gasteiger partial charge >= 0.3 is 11.9 Å². The van der Waals surface area contributed by atoms with Gasteiger partial charge in [-0.1, -0.05) is 42.5 Å². The molecule has 0 spiro atoms. The van der Waals surface area contributed by atoms with E-state index in [-0.39, 0.29) is 36.1 Å². The molecule has 2 aromatic carbocycles. The van der Waals surface area contributed by atoms with Crippen molar-refractivity contribution < 1.29 is 33.4 Å². The number of nitrogens with one attached hydrogen (secondary N) is 2. The first-order chi connectivity index (χ1) is 19.9. The van der Waals surface area contributed by atoms with Crippen LogP contribution >= 0.6 is 11.8 Å². The highest BCUT2D eigenvalue weighted by Crippen LogP contribution is 2.40. The predicted octanol–water partition coefficient (Wildman–Crippen LogP) is 3.18. The summed E-state index contributed by atoms with van der Waals surface area (Å²) in [6, 6.07) is 12.0. The van der Waals surface area contributed by atoms with Crippen LogP contribution in [0.2, 0.25) is 0 Å². The molecule has 3 atom stereocenters. The maximum absolute atomic E-state index is 14.2. The molecule has 0 bridgehead atoms. The van der Waals surface area contributed by atoms with Crippen LogP contribution in [0.25, 0.3) is 0 Å². The van der Waals surface area contributed by atoms with E-state index in [1.54, 1.807) is 31.2 Å². The molecule has 224 valence electrons. The molecule has 42 heavy (non-hydrogen) atoms. The Morgan fingerprint density at radius 1 is 1.07 bits per heavy atom. The average Bonchev–Trinajstić information content (AvgIpc) is 3.25. The second-order valence-corrected chi connectivity index (χ2v) is 12.0. The quantitative estimate of drug-likeness (QED) is 0.230. The minimum Gasteiger partial charge on any atom is -0.450 e. The first-order valence-electron chi connectivity index (χ1n) is 13.5. The third-order valence-electron chi connectivity index (χ3n) is 6.80. The van der Waals surface area contributed by atoms with Gasteiger partial charge < -0.3 is 25.0 Å². The molecule has 2 N–H and O–H groups in total. The summed E-state index contributed by atoms with van der Waals surface area (Å²) in [7, 11) is 0. The molecule has 2 aromatic rings. The van der Waals surface area contributed by atoms with Gasteiger partial charge in [0.2, 0.25) is 12.0 Å². The van der Waals surface area contributed by atoms with E-state index in [9.17, 15) is 24.0 Å². The molecule has 1 aliphatic rings. The van der Waals surface area contributed by atoms with Crippen molar-refractivity contribution in [2.24, 2.45) is 0 Å². The highest BCUT2D eigenvalue weighted by Gasteiger charge is 2.50. The van der Waals surface area contributed by atoms with Gasteiger partial charge in [-0.15, -0.1) is 18.3 Å². The van der Waals surface area contributed by atoms with Crippen molar-refractivity contribution in [3.05, 3.63) is 77.9 Å². The number of rotatable bonds is 11. The Morgan fingerprint density at radius 2 is 1.76 bits per heavy atom. The van der Waals surface area contributed by atoms with Crippen molar-refractivity contribution >= 4 is 41.4 Å². The van der Waals surface area contributed by atoms with Crippen molar-refractivity contribution in [2.75, 3.05) is 12.4 Å². The van der Waals surface area contributed by atoms with E-state index >= 15 is 0 Å². The normalized spacial score (nSPS) is 17.0. The van der Waals surface area contributed by atoms with Crippen LogP contribution in [0.1, 0.15) is 49.2 Å². The minimum absolute atomic E-state index is 0.149. The third kappa shape index (κ3) is 8.00. The number of carbonyl (C=O) groups excluding carboxylic acids is 5. The van der Waals surface area contributed by atoms with Gasteiger partial charge in [-0.25, -0.2) is 0 Å². The number of thioether (sulfide) groups is 1. The molecule has 1 heterocycles. The summed E-state index contributed by atoms with van der Waals surface area (Å²) in [4.78, 5) is 66.3. The lowest BCUT2D eigenvalue weighted by atomic mass is 9.96. The van der Waals surface area contributed by atoms with Crippen molar-refractivity contribution in [2.45, 2.75) is 64.0 Å². The number of carbonyl (C=O) groups is 5. The average molecular weight is 596 g/mol. The zero-order valence-electron chi connectivity index (χ0n) is 24.5. The Kier molecular flexibility index (Phi) is 10.9. The summed E-state index contributed by atoms with van der Waals surface area (Å²) in [5, 5.41) is 5.65. The van der Waals surface area contributed by atoms with Crippen LogP contribution in [0.5, 0.6) is 5.75 Å². The molecule has 3 amide bonds. The molecule has 0 aromatic heterocycles. The van der Waals surface area contributed by atoms with Gasteiger partial charge in [0, 0.05) is 36.3 Å². The summed E-state index contributed by atoms with van der Waals surface area (Å²) >= 11 is 1.43. The van der Waals surface area contributed by atoms with Crippen molar-refractivity contribution in [3.63, 3.8) is 0 Å². The van der Waals surface area contributed by atoms with Gasteiger partial charge in [0.25, 0.3) is 11.8 Å². The van der Waals surface area contributed by atoms with Gasteiger partial charge in [-0.3, -0.25) is 24.0 Å². The Morgan fingerprint density at radius 3 is 2.38 bits per heavy atom. The number of esters is 2.